The van der Waals surface area contributed by atoms with Crippen LogP contribution in [0.2, 0.25) is 0 Å². The zero-order chi connectivity index (χ0) is 19.4. The maximum Gasteiger partial charge on any atom is 0.322 e. The number of carboxylic acids is 1. The Labute approximate surface area is 151 Å². The lowest BCUT2D eigenvalue weighted by Crippen LogP contribution is -2.55. The highest BCUT2D eigenvalue weighted by Crippen LogP contribution is 2.02. The summed E-state index contributed by atoms with van der Waals surface area (Å²) in [6.45, 7) is 1.33. The summed E-state index contributed by atoms with van der Waals surface area (Å²) >= 11 is 3.90. The van der Waals surface area contributed by atoms with Gasteiger partial charge in [-0.15, -0.1) is 0 Å². The predicted octanol–water partition coefficient (Wildman–Crippen LogP) is -2.44. The normalized spacial score (nSPS) is 14.1. The quantitative estimate of drug-likeness (QED) is 0.146. The van der Waals surface area contributed by atoms with Gasteiger partial charge in [-0.1, -0.05) is 0 Å². The molecular formula is C14H27N5O5S. The van der Waals surface area contributed by atoms with Gasteiger partial charge in [0, 0.05) is 5.75 Å². The Morgan fingerprint density at radius 2 is 1.72 bits per heavy atom. The highest BCUT2D eigenvalue weighted by atomic mass is 32.1. The highest BCUT2D eigenvalue weighted by molar-refractivity contribution is 7.80. The first-order chi connectivity index (χ1) is 11.7. The fourth-order valence-corrected chi connectivity index (χ4v) is 1.98. The molecule has 10 nitrogen and oxygen atoms in total. The van der Waals surface area contributed by atoms with E-state index in [0.717, 1.165) is 0 Å². The van der Waals surface area contributed by atoms with Crippen molar-refractivity contribution in [2.45, 2.75) is 44.3 Å². The van der Waals surface area contributed by atoms with Crippen molar-refractivity contribution in [2.75, 3.05) is 18.8 Å². The zero-order valence-electron chi connectivity index (χ0n) is 14.2. The number of amides is 3. The van der Waals surface area contributed by atoms with Crippen LogP contribution >= 0.6 is 12.6 Å². The van der Waals surface area contributed by atoms with Gasteiger partial charge in [0.25, 0.3) is 0 Å². The second-order valence-electron chi connectivity index (χ2n) is 5.48. The number of aliphatic carboxylic acids is 1. The molecule has 11 heteroatoms. The number of hydrogen-bond acceptors (Lipinski definition) is 7. The molecule has 144 valence electrons. The lowest BCUT2D eigenvalue weighted by Gasteiger charge is -2.21. The molecule has 0 saturated carbocycles. The summed E-state index contributed by atoms with van der Waals surface area (Å²) in [6, 6.07) is -2.68. The van der Waals surface area contributed by atoms with Crippen LogP contribution in [0.15, 0.2) is 0 Å². The third-order valence-electron chi connectivity index (χ3n) is 3.28. The van der Waals surface area contributed by atoms with E-state index in [1.807, 2.05) is 0 Å². The Kier molecular flexibility index (Phi) is 11.6. The highest BCUT2D eigenvalue weighted by Gasteiger charge is 2.25. The molecule has 0 aliphatic heterocycles. The minimum Gasteiger partial charge on any atom is -0.480 e. The number of unbranched alkanes of at least 4 members (excludes halogenated alkanes) is 1. The Morgan fingerprint density at radius 1 is 1.08 bits per heavy atom. The molecule has 0 bridgehead atoms. The van der Waals surface area contributed by atoms with Crippen LogP contribution in [-0.2, 0) is 19.2 Å². The topological polar surface area (TPSA) is 177 Å². The fraction of sp³-hybridized carbons (Fsp3) is 0.714. The molecule has 0 spiro atoms. The summed E-state index contributed by atoms with van der Waals surface area (Å²) in [5.74, 6) is -2.80. The largest absolute Gasteiger partial charge is 0.480 e. The maximum absolute atomic E-state index is 12.2. The smallest absolute Gasteiger partial charge is 0.322 e. The molecule has 8 N–H and O–H groups in total. The Hall–Kier alpha value is -1.85. The number of carbonyl (C=O) groups is 4. The van der Waals surface area contributed by atoms with Gasteiger partial charge >= 0.3 is 5.97 Å². The van der Waals surface area contributed by atoms with Crippen molar-refractivity contribution in [2.24, 2.45) is 11.5 Å². The van der Waals surface area contributed by atoms with Gasteiger partial charge in [0.15, 0.2) is 0 Å². The van der Waals surface area contributed by atoms with Crippen LogP contribution in [-0.4, -0.2) is 65.8 Å². The average molecular weight is 377 g/mol. The SMILES string of the molecule is CC(NC(=O)C(N)CS)C(=O)NC(CCCCN)C(=O)NCC(=O)O. The van der Waals surface area contributed by atoms with E-state index in [0.29, 0.717) is 25.8 Å². The van der Waals surface area contributed by atoms with Crippen molar-refractivity contribution in [1.82, 2.24) is 16.0 Å². The van der Waals surface area contributed by atoms with Crippen molar-refractivity contribution in [3.63, 3.8) is 0 Å². The van der Waals surface area contributed by atoms with E-state index in [1.165, 1.54) is 6.92 Å². The molecule has 3 atom stereocenters. The fourth-order valence-electron chi connectivity index (χ4n) is 1.81. The zero-order valence-corrected chi connectivity index (χ0v) is 15.1. The van der Waals surface area contributed by atoms with Crippen molar-refractivity contribution >= 4 is 36.3 Å². The summed E-state index contributed by atoms with van der Waals surface area (Å²) in [4.78, 5) is 46.4. The molecule has 0 aliphatic carbocycles. The van der Waals surface area contributed by atoms with Crippen LogP contribution in [0.4, 0.5) is 0 Å². The van der Waals surface area contributed by atoms with E-state index in [-0.39, 0.29) is 5.75 Å². The Balaban J connectivity index is 4.73. The first-order valence-electron chi connectivity index (χ1n) is 7.89. The summed E-state index contributed by atoms with van der Waals surface area (Å²) in [6.07, 6.45) is 1.53. The van der Waals surface area contributed by atoms with E-state index in [9.17, 15) is 19.2 Å². The monoisotopic (exact) mass is 377 g/mol. The molecule has 0 aromatic rings. The summed E-state index contributed by atoms with van der Waals surface area (Å²) in [5.41, 5.74) is 10.9. The summed E-state index contributed by atoms with van der Waals surface area (Å²) < 4.78 is 0. The average Bonchev–Trinajstić information content (AvgIpc) is 2.57. The van der Waals surface area contributed by atoms with E-state index >= 15 is 0 Å². The van der Waals surface area contributed by atoms with Crippen LogP contribution in [0.25, 0.3) is 0 Å². The molecule has 0 saturated heterocycles. The van der Waals surface area contributed by atoms with Crippen LogP contribution in [0.3, 0.4) is 0 Å². The number of nitrogens with one attached hydrogen (secondary N) is 3. The van der Waals surface area contributed by atoms with Crippen molar-refractivity contribution in [3.05, 3.63) is 0 Å². The van der Waals surface area contributed by atoms with Gasteiger partial charge in [-0.05, 0) is 32.7 Å². The number of carbonyl (C=O) groups excluding carboxylic acids is 3. The third-order valence-corrected chi connectivity index (χ3v) is 3.67. The molecular weight excluding hydrogens is 350 g/mol. The lowest BCUT2D eigenvalue weighted by molar-refractivity contribution is -0.138. The van der Waals surface area contributed by atoms with Crippen molar-refractivity contribution < 1.29 is 24.3 Å². The molecule has 0 aromatic carbocycles. The van der Waals surface area contributed by atoms with Crippen LogP contribution in [0, 0.1) is 0 Å². The second-order valence-corrected chi connectivity index (χ2v) is 5.84. The van der Waals surface area contributed by atoms with Gasteiger partial charge in [-0.2, -0.15) is 12.6 Å². The van der Waals surface area contributed by atoms with Crippen molar-refractivity contribution in [1.29, 1.82) is 0 Å². The molecule has 3 amide bonds. The maximum atomic E-state index is 12.2. The van der Waals surface area contributed by atoms with Gasteiger partial charge < -0.3 is 32.5 Å². The van der Waals surface area contributed by atoms with Gasteiger partial charge in [-0.3, -0.25) is 19.2 Å². The second kappa shape index (κ2) is 12.5. The number of hydrogen-bond donors (Lipinski definition) is 7. The number of carboxylic acid groups (broad SMARTS) is 1. The molecule has 3 unspecified atom stereocenters. The minimum atomic E-state index is -1.19. The van der Waals surface area contributed by atoms with Gasteiger partial charge in [0.2, 0.25) is 17.7 Å². The molecule has 0 aliphatic rings. The third kappa shape index (κ3) is 9.89. The van der Waals surface area contributed by atoms with Gasteiger partial charge in [0.1, 0.15) is 18.6 Å². The van der Waals surface area contributed by atoms with Crippen LogP contribution < -0.4 is 27.4 Å². The summed E-state index contributed by atoms with van der Waals surface area (Å²) in [7, 11) is 0. The Morgan fingerprint density at radius 3 is 2.24 bits per heavy atom. The molecule has 0 rings (SSSR count). The molecule has 25 heavy (non-hydrogen) atoms. The van der Waals surface area contributed by atoms with Crippen LogP contribution in [0.5, 0.6) is 0 Å². The van der Waals surface area contributed by atoms with E-state index < -0.39 is 48.4 Å². The first kappa shape index (κ1) is 23.1. The van der Waals surface area contributed by atoms with Gasteiger partial charge in [-0.25, -0.2) is 0 Å². The molecule has 0 aromatic heterocycles. The minimum absolute atomic E-state index is 0.124. The number of nitrogens with two attached hydrogens (primary N) is 2. The van der Waals surface area contributed by atoms with E-state index in [4.69, 9.17) is 16.6 Å². The van der Waals surface area contributed by atoms with E-state index in [1.54, 1.807) is 0 Å². The summed E-state index contributed by atoms with van der Waals surface area (Å²) in [5, 5.41) is 15.8. The molecule has 0 radical (unpaired) electrons. The first-order valence-corrected chi connectivity index (χ1v) is 8.52. The standard InChI is InChI=1S/C14H27N5O5S/c1-8(18-13(23)9(16)7-25)12(22)19-10(4-2-3-5-15)14(24)17-6-11(20)21/h8-10,25H,2-7,15-16H2,1H3,(H,17,24)(H,18,23)(H,19,22)(H,20,21). The molecule has 0 heterocycles. The van der Waals surface area contributed by atoms with E-state index in [2.05, 4.69) is 28.6 Å². The van der Waals surface area contributed by atoms with Crippen LogP contribution in [0.1, 0.15) is 26.2 Å². The van der Waals surface area contributed by atoms with Crippen molar-refractivity contribution in [3.8, 4) is 0 Å². The molecule has 0 fully saturated rings. The number of rotatable bonds is 12. The predicted molar refractivity (Wildman–Crippen MR) is 94.9 cm³/mol. The Bertz CT molecular complexity index is 477. The number of thiol groups is 1. The van der Waals surface area contributed by atoms with Gasteiger partial charge in [0.05, 0.1) is 6.04 Å². The lowest BCUT2D eigenvalue weighted by atomic mass is 10.1.